The average molecular weight is 356 g/mol. The van der Waals surface area contributed by atoms with Crippen molar-refractivity contribution in [2.75, 3.05) is 19.0 Å². The third-order valence-electron chi connectivity index (χ3n) is 3.75. The van der Waals surface area contributed by atoms with E-state index in [1.165, 1.54) is 41.1 Å². The maximum Gasteiger partial charge on any atom is 0.291 e. The molecule has 0 atom stereocenters. The van der Waals surface area contributed by atoms with Crippen molar-refractivity contribution in [1.82, 2.24) is 4.57 Å². The largest absolute Gasteiger partial charge is 0.451 e. The lowest BCUT2D eigenvalue weighted by molar-refractivity contribution is 0.0997. The van der Waals surface area contributed by atoms with Crippen LogP contribution in [0.2, 0.25) is 0 Å². The fourth-order valence-corrected chi connectivity index (χ4v) is 2.43. The van der Waals surface area contributed by atoms with Gasteiger partial charge in [0.15, 0.2) is 5.76 Å². The Labute approximate surface area is 148 Å². The van der Waals surface area contributed by atoms with Gasteiger partial charge >= 0.3 is 0 Å². The van der Waals surface area contributed by atoms with Crippen molar-refractivity contribution in [3.63, 3.8) is 0 Å². The van der Waals surface area contributed by atoms with Crippen LogP contribution in [0.3, 0.4) is 0 Å². The molecule has 0 spiro atoms. The van der Waals surface area contributed by atoms with Crippen molar-refractivity contribution in [3.8, 4) is 11.3 Å². The number of methoxy groups -OCH3 is 1. The van der Waals surface area contributed by atoms with Gasteiger partial charge in [-0.3, -0.25) is 9.59 Å². The summed E-state index contributed by atoms with van der Waals surface area (Å²) in [5, 5.41) is 2.65. The predicted molar refractivity (Wildman–Crippen MR) is 94.6 cm³/mol. The molecule has 0 unspecified atom stereocenters. The van der Waals surface area contributed by atoms with E-state index in [1.54, 1.807) is 25.3 Å². The van der Waals surface area contributed by atoms with E-state index >= 15 is 0 Å². The Morgan fingerprint density at radius 3 is 2.77 bits per heavy atom. The number of pyridine rings is 1. The van der Waals surface area contributed by atoms with Crippen LogP contribution in [-0.2, 0) is 11.3 Å². The lowest BCUT2D eigenvalue weighted by Crippen LogP contribution is -2.22. The number of rotatable bonds is 6. The smallest absolute Gasteiger partial charge is 0.291 e. The van der Waals surface area contributed by atoms with Gasteiger partial charge in [0.2, 0.25) is 0 Å². The number of furan rings is 1. The van der Waals surface area contributed by atoms with Gasteiger partial charge in [-0.15, -0.1) is 0 Å². The maximum absolute atomic E-state index is 13.8. The molecule has 0 saturated carbocycles. The summed E-state index contributed by atoms with van der Waals surface area (Å²) in [6, 6.07) is 12.0. The minimum Gasteiger partial charge on any atom is -0.451 e. The number of carbonyl (C=O) groups excluding carboxylic acids is 1. The fraction of sp³-hybridized carbons (Fsp3) is 0.158. The lowest BCUT2D eigenvalue weighted by Gasteiger charge is -2.08. The third kappa shape index (κ3) is 3.89. The predicted octanol–water partition coefficient (Wildman–Crippen LogP) is 3.15. The second-order valence-corrected chi connectivity index (χ2v) is 5.54. The number of hydrogen-bond acceptors (Lipinski definition) is 4. The van der Waals surface area contributed by atoms with Crippen LogP contribution in [-0.4, -0.2) is 24.2 Å². The van der Waals surface area contributed by atoms with Crippen LogP contribution in [0.1, 0.15) is 10.6 Å². The summed E-state index contributed by atoms with van der Waals surface area (Å²) in [5.74, 6) is -0.625. The van der Waals surface area contributed by atoms with E-state index in [4.69, 9.17) is 9.15 Å². The van der Waals surface area contributed by atoms with Gasteiger partial charge in [-0.05, 0) is 30.3 Å². The monoisotopic (exact) mass is 356 g/mol. The molecular weight excluding hydrogens is 339 g/mol. The Morgan fingerprint density at radius 2 is 2.00 bits per heavy atom. The summed E-state index contributed by atoms with van der Waals surface area (Å²) < 4.78 is 25.7. The van der Waals surface area contributed by atoms with Crippen LogP contribution >= 0.6 is 0 Å². The second kappa shape index (κ2) is 7.79. The van der Waals surface area contributed by atoms with E-state index in [0.29, 0.717) is 18.8 Å². The van der Waals surface area contributed by atoms with E-state index in [-0.39, 0.29) is 22.6 Å². The first-order valence-electron chi connectivity index (χ1n) is 7.94. The van der Waals surface area contributed by atoms with Crippen molar-refractivity contribution in [2.24, 2.45) is 0 Å². The molecule has 1 amide bonds. The number of hydrogen-bond donors (Lipinski definition) is 1. The van der Waals surface area contributed by atoms with Crippen LogP contribution in [0.25, 0.3) is 11.3 Å². The molecule has 0 fully saturated rings. The normalized spacial score (nSPS) is 10.7. The molecule has 2 aromatic heterocycles. The van der Waals surface area contributed by atoms with Crippen molar-refractivity contribution in [1.29, 1.82) is 0 Å². The van der Waals surface area contributed by atoms with E-state index in [0.717, 1.165) is 0 Å². The zero-order chi connectivity index (χ0) is 18.5. The number of ether oxygens (including phenoxy) is 1. The molecule has 6 nitrogen and oxygen atoms in total. The van der Waals surface area contributed by atoms with E-state index in [2.05, 4.69) is 5.32 Å². The third-order valence-corrected chi connectivity index (χ3v) is 3.75. The Bertz CT molecular complexity index is 977. The first-order valence-corrected chi connectivity index (χ1v) is 7.94. The number of nitrogens with zero attached hydrogens (tertiary/aromatic N) is 1. The molecule has 0 radical (unpaired) electrons. The molecule has 0 aliphatic carbocycles. The Morgan fingerprint density at radius 1 is 1.19 bits per heavy atom. The van der Waals surface area contributed by atoms with Crippen LogP contribution in [0, 0.1) is 5.82 Å². The molecule has 0 saturated heterocycles. The van der Waals surface area contributed by atoms with E-state index < -0.39 is 11.7 Å². The highest BCUT2D eigenvalue weighted by atomic mass is 19.1. The zero-order valence-corrected chi connectivity index (χ0v) is 14.1. The molecular formula is C19H17FN2O4. The van der Waals surface area contributed by atoms with Crippen molar-refractivity contribution in [3.05, 3.63) is 76.7 Å². The van der Waals surface area contributed by atoms with E-state index in [1.807, 2.05) is 0 Å². The number of amides is 1. The number of nitrogens with one attached hydrogen (secondary N) is 1. The molecule has 134 valence electrons. The van der Waals surface area contributed by atoms with Crippen LogP contribution in [0.15, 0.2) is 63.9 Å². The summed E-state index contributed by atoms with van der Waals surface area (Å²) in [6.45, 7) is 0.749. The average Bonchev–Trinajstić information content (AvgIpc) is 3.12. The van der Waals surface area contributed by atoms with Crippen LogP contribution in [0.4, 0.5) is 10.1 Å². The Balaban J connectivity index is 1.77. The van der Waals surface area contributed by atoms with Gasteiger partial charge in [0, 0.05) is 25.9 Å². The summed E-state index contributed by atoms with van der Waals surface area (Å²) in [7, 11) is 1.54. The minimum atomic E-state index is -0.496. The molecule has 3 rings (SSSR count). The molecule has 1 aromatic carbocycles. The topological polar surface area (TPSA) is 73.5 Å². The maximum atomic E-state index is 13.8. The highest BCUT2D eigenvalue weighted by Gasteiger charge is 2.15. The molecule has 0 aliphatic heterocycles. The summed E-state index contributed by atoms with van der Waals surface area (Å²) in [6.07, 6.45) is 1.53. The van der Waals surface area contributed by atoms with Crippen LogP contribution in [0.5, 0.6) is 0 Å². The van der Waals surface area contributed by atoms with Crippen LogP contribution < -0.4 is 10.9 Å². The number of benzene rings is 1. The van der Waals surface area contributed by atoms with Gasteiger partial charge in [-0.2, -0.15) is 0 Å². The molecule has 3 aromatic rings. The molecule has 1 N–H and O–H groups in total. The van der Waals surface area contributed by atoms with Gasteiger partial charge in [0.05, 0.1) is 17.9 Å². The number of aromatic nitrogens is 1. The van der Waals surface area contributed by atoms with Crippen molar-refractivity contribution >= 4 is 11.6 Å². The second-order valence-electron chi connectivity index (χ2n) is 5.54. The SMILES string of the molecule is COCCn1cc(NC(=O)c2ccc(-c3ccccc3F)o2)ccc1=O. The number of halogens is 1. The minimum absolute atomic E-state index is 0.0397. The number of carbonyl (C=O) groups is 1. The zero-order valence-electron chi connectivity index (χ0n) is 14.1. The quantitative estimate of drug-likeness (QED) is 0.736. The fourth-order valence-electron chi connectivity index (χ4n) is 2.43. The summed E-state index contributed by atoms with van der Waals surface area (Å²) in [4.78, 5) is 24.1. The first kappa shape index (κ1) is 17.6. The van der Waals surface area contributed by atoms with Gasteiger partial charge in [0.25, 0.3) is 11.5 Å². The standard InChI is InChI=1S/C19H17FN2O4/c1-25-11-10-22-12-13(6-9-18(22)23)21-19(24)17-8-7-16(26-17)14-4-2-3-5-15(14)20/h2-9,12H,10-11H2,1H3,(H,21,24). The molecule has 0 bridgehead atoms. The molecule has 7 heteroatoms. The molecule has 0 aliphatic rings. The lowest BCUT2D eigenvalue weighted by atomic mass is 10.1. The molecule has 2 heterocycles. The Kier molecular flexibility index (Phi) is 5.28. The summed E-state index contributed by atoms with van der Waals surface area (Å²) in [5.41, 5.74) is 0.522. The number of anilines is 1. The summed E-state index contributed by atoms with van der Waals surface area (Å²) >= 11 is 0. The van der Waals surface area contributed by atoms with Crippen molar-refractivity contribution in [2.45, 2.75) is 6.54 Å². The van der Waals surface area contributed by atoms with E-state index in [9.17, 15) is 14.0 Å². The van der Waals surface area contributed by atoms with Gasteiger partial charge in [-0.25, -0.2) is 4.39 Å². The van der Waals surface area contributed by atoms with Gasteiger partial charge in [0.1, 0.15) is 11.6 Å². The first-order chi connectivity index (χ1) is 12.6. The Hall–Kier alpha value is -3.19. The van der Waals surface area contributed by atoms with Gasteiger partial charge in [-0.1, -0.05) is 12.1 Å². The highest BCUT2D eigenvalue weighted by Crippen LogP contribution is 2.25. The molecule has 26 heavy (non-hydrogen) atoms. The highest BCUT2D eigenvalue weighted by molar-refractivity contribution is 6.02. The van der Waals surface area contributed by atoms with Crippen molar-refractivity contribution < 1.29 is 18.3 Å². The van der Waals surface area contributed by atoms with Gasteiger partial charge < -0.3 is 19.0 Å².